The molecule has 0 aliphatic carbocycles. The number of anilines is 3. The van der Waals surface area contributed by atoms with Crippen molar-refractivity contribution in [2.75, 3.05) is 17.2 Å². The molecule has 4 aromatic rings. The maximum Gasteiger partial charge on any atom is 0.229 e. The molecular formula is C18H17BrN8. The second-order valence-corrected chi connectivity index (χ2v) is 6.67. The summed E-state index contributed by atoms with van der Waals surface area (Å²) in [7, 11) is 0. The minimum absolute atomic E-state index is 0.518. The molecule has 1 aromatic carbocycles. The number of aromatic nitrogens is 6. The summed E-state index contributed by atoms with van der Waals surface area (Å²) in [6.07, 6.45) is 7.78. The summed E-state index contributed by atoms with van der Waals surface area (Å²) in [4.78, 5) is 16.0. The molecule has 0 atom stereocenters. The number of hydrogen-bond acceptors (Lipinski definition) is 6. The number of nitrogens with zero attached hydrogens (tertiary/aromatic N) is 4. The van der Waals surface area contributed by atoms with Crippen LogP contribution in [0.2, 0.25) is 0 Å². The van der Waals surface area contributed by atoms with Crippen molar-refractivity contribution in [3.8, 4) is 11.3 Å². The Morgan fingerprint density at radius 3 is 2.93 bits per heavy atom. The number of benzene rings is 1. The molecule has 0 fully saturated rings. The van der Waals surface area contributed by atoms with E-state index < -0.39 is 0 Å². The van der Waals surface area contributed by atoms with Crippen molar-refractivity contribution in [1.29, 1.82) is 0 Å². The fourth-order valence-electron chi connectivity index (χ4n) is 2.60. The van der Waals surface area contributed by atoms with Gasteiger partial charge in [-0.2, -0.15) is 10.1 Å². The van der Waals surface area contributed by atoms with Gasteiger partial charge in [-0.15, -0.1) is 0 Å². The molecule has 3 aromatic heterocycles. The SMILES string of the molecule is Brc1cnc(Nc2cccc(-c3ccn[nH]3)c2)nc1NCCc1cnc[nH]1. The minimum Gasteiger partial charge on any atom is -0.369 e. The molecule has 27 heavy (non-hydrogen) atoms. The van der Waals surface area contributed by atoms with Gasteiger partial charge in [-0.3, -0.25) is 5.10 Å². The molecule has 0 aliphatic rings. The first kappa shape index (κ1) is 17.2. The van der Waals surface area contributed by atoms with E-state index >= 15 is 0 Å². The topological polar surface area (TPSA) is 107 Å². The van der Waals surface area contributed by atoms with Gasteiger partial charge in [-0.25, -0.2) is 9.97 Å². The Kier molecular flexibility index (Phi) is 5.10. The molecular weight excluding hydrogens is 408 g/mol. The number of rotatable bonds is 7. The largest absolute Gasteiger partial charge is 0.369 e. The van der Waals surface area contributed by atoms with Crippen LogP contribution in [0.5, 0.6) is 0 Å². The van der Waals surface area contributed by atoms with Crippen LogP contribution in [-0.4, -0.2) is 36.7 Å². The highest BCUT2D eigenvalue weighted by atomic mass is 79.9. The molecule has 0 spiro atoms. The van der Waals surface area contributed by atoms with Crippen LogP contribution in [-0.2, 0) is 6.42 Å². The number of halogens is 1. The average molecular weight is 425 g/mol. The van der Waals surface area contributed by atoms with Gasteiger partial charge in [0.1, 0.15) is 5.82 Å². The van der Waals surface area contributed by atoms with Crippen molar-refractivity contribution in [2.24, 2.45) is 0 Å². The summed E-state index contributed by atoms with van der Waals surface area (Å²) in [6.45, 7) is 0.729. The molecule has 0 unspecified atom stereocenters. The third-order valence-corrected chi connectivity index (χ3v) is 4.50. The van der Waals surface area contributed by atoms with Crippen LogP contribution in [0.15, 0.2) is 59.7 Å². The number of nitrogens with one attached hydrogen (secondary N) is 4. The van der Waals surface area contributed by atoms with Crippen LogP contribution in [0.1, 0.15) is 5.69 Å². The zero-order chi connectivity index (χ0) is 18.5. The number of hydrogen-bond donors (Lipinski definition) is 4. The molecule has 0 bridgehead atoms. The normalized spacial score (nSPS) is 10.7. The highest BCUT2D eigenvalue weighted by Crippen LogP contribution is 2.24. The van der Waals surface area contributed by atoms with Crippen LogP contribution in [0, 0.1) is 0 Å². The Hall–Kier alpha value is -3.20. The summed E-state index contributed by atoms with van der Waals surface area (Å²) in [6, 6.07) is 9.91. The van der Waals surface area contributed by atoms with E-state index in [0.29, 0.717) is 5.95 Å². The van der Waals surface area contributed by atoms with Gasteiger partial charge in [-0.1, -0.05) is 12.1 Å². The molecule has 0 radical (unpaired) electrons. The smallest absolute Gasteiger partial charge is 0.229 e. The van der Waals surface area contributed by atoms with Crippen molar-refractivity contribution in [1.82, 2.24) is 30.1 Å². The van der Waals surface area contributed by atoms with Crippen LogP contribution in [0.4, 0.5) is 17.5 Å². The predicted octanol–water partition coefficient (Wildman–Crippen LogP) is 3.75. The number of H-pyrrole nitrogens is 2. The standard InChI is InChI=1S/C18H17BrN8/c19-15-10-22-18(26-17(15)21-6-4-14-9-20-11-23-14)25-13-3-1-2-12(8-13)16-5-7-24-27-16/h1-3,5,7-11H,4,6H2,(H,20,23)(H,24,27)(H2,21,22,25,26). The van der Waals surface area contributed by atoms with Gasteiger partial charge in [-0.05, 0) is 34.1 Å². The van der Waals surface area contributed by atoms with Crippen LogP contribution >= 0.6 is 15.9 Å². The molecule has 4 rings (SSSR count). The lowest BCUT2D eigenvalue weighted by Crippen LogP contribution is -2.09. The molecule has 0 aliphatic heterocycles. The van der Waals surface area contributed by atoms with E-state index in [4.69, 9.17) is 0 Å². The fraction of sp³-hybridized carbons (Fsp3) is 0.111. The van der Waals surface area contributed by atoms with E-state index in [2.05, 4.69) is 56.7 Å². The van der Waals surface area contributed by atoms with Crippen LogP contribution in [0.3, 0.4) is 0 Å². The molecule has 0 saturated heterocycles. The summed E-state index contributed by atoms with van der Waals surface area (Å²) >= 11 is 3.49. The first-order chi connectivity index (χ1) is 13.3. The predicted molar refractivity (Wildman–Crippen MR) is 108 cm³/mol. The van der Waals surface area contributed by atoms with Gasteiger partial charge in [0.25, 0.3) is 0 Å². The molecule has 8 nitrogen and oxygen atoms in total. The van der Waals surface area contributed by atoms with Gasteiger partial charge < -0.3 is 15.6 Å². The van der Waals surface area contributed by atoms with Crippen molar-refractivity contribution < 1.29 is 0 Å². The van der Waals surface area contributed by atoms with Crippen molar-refractivity contribution >= 4 is 33.4 Å². The Labute approximate surface area is 164 Å². The van der Waals surface area contributed by atoms with Gasteiger partial charge in [0.05, 0.1) is 16.5 Å². The van der Waals surface area contributed by atoms with E-state index in [1.165, 1.54) is 0 Å². The lowest BCUT2D eigenvalue weighted by atomic mass is 10.1. The maximum atomic E-state index is 4.55. The average Bonchev–Trinajstić information content (AvgIpc) is 3.38. The van der Waals surface area contributed by atoms with Gasteiger partial charge in [0.2, 0.25) is 5.95 Å². The van der Waals surface area contributed by atoms with Crippen molar-refractivity contribution in [2.45, 2.75) is 6.42 Å². The van der Waals surface area contributed by atoms with Crippen molar-refractivity contribution in [3.63, 3.8) is 0 Å². The minimum atomic E-state index is 0.518. The third-order valence-electron chi connectivity index (χ3n) is 3.92. The second kappa shape index (κ2) is 8.00. The van der Waals surface area contributed by atoms with E-state index in [1.807, 2.05) is 36.5 Å². The second-order valence-electron chi connectivity index (χ2n) is 5.82. The molecule has 9 heteroatoms. The molecule has 136 valence electrons. The first-order valence-corrected chi connectivity index (χ1v) is 9.18. The van der Waals surface area contributed by atoms with E-state index in [1.54, 1.807) is 18.7 Å². The summed E-state index contributed by atoms with van der Waals surface area (Å²) in [5.74, 6) is 1.25. The van der Waals surface area contributed by atoms with Crippen LogP contribution < -0.4 is 10.6 Å². The fourth-order valence-corrected chi connectivity index (χ4v) is 2.93. The van der Waals surface area contributed by atoms with Gasteiger partial charge in [0.15, 0.2) is 0 Å². The first-order valence-electron chi connectivity index (χ1n) is 8.38. The monoisotopic (exact) mass is 424 g/mol. The van der Waals surface area contributed by atoms with Gasteiger partial charge >= 0.3 is 0 Å². The van der Waals surface area contributed by atoms with E-state index in [0.717, 1.165) is 45.9 Å². The van der Waals surface area contributed by atoms with Crippen LogP contribution in [0.25, 0.3) is 11.3 Å². The zero-order valence-corrected chi connectivity index (χ0v) is 15.9. The van der Waals surface area contributed by atoms with Gasteiger partial charge in [0, 0.05) is 48.5 Å². The lowest BCUT2D eigenvalue weighted by Gasteiger charge is -2.10. The Morgan fingerprint density at radius 1 is 1.15 bits per heavy atom. The highest BCUT2D eigenvalue weighted by Gasteiger charge is 2.07. The summed E-state index contributed by atoms with van der Waals surface area (Å²) in [5.41, 5.74) is 3.96. The Balaban J connectivity index is 1.45. The summed E-state index contributed by atoms with van der Waals surface area (Å²) in [5, 5.41) is 13.5. The Bertz CT molecular complexity index is 998. The summed E-state index contributed by atoms with van der Waals surface area (Å²) < 4.78 is 0.809. The third kappa shape index (κ3) is 4.32. The zero-order valence-electron chi connectivity index (χ0n) is 14.3. The highest BCUT2D eigenvalue weighted by molar-refractivity contribution is 9.10. The Morgan fingerprint density at radius 2 is 2.11 bits per heavy atom. The quantitative estimate of drug-likeness (QED) is 0.359. The molecule has 0 saturated carbocycles. The van der Waals surface area contributed by atoms with E-state index in [-0.39, 0.29) is 0 Å². The number of aromatic amines is 2. The molecule has 4 N–H and O–H groups in total. The lowest BCUT2D eigenvalue weighted by molar-refractivity contribution is 0.962. The van der Waals surface area contributed by atoms with Crippen molar-refractivity contribution in [3.05, 3.63) is 65.4 Å². The number of imidazole rings is 1. The maximum absolute atomic E-state index is 4.55. The molecule has 3 heterocycles. The van der Waals surface area contributed by atoms with E-state index in [9.17, 15) is 0 Å². The molecule has 0 amide bonds.